The van der Waals surface area contributed by atoms with Crippen LogP contribution < -0.4 is 0 Å². The molecule has 0 aromatic rings. The molecule has 0 aromatic carbocycles. The summed E-state index contributed by atoms with van der Waals surface area (Å²) in [5.41, 5.74) is 0. The molecule has 0 saturated heterocycles. The van der Waals surface area contributed by atoms with Crippen molar-refractivity contribution in [1.29, 1.82) is 0 Å². The molecule has 152 valence electrons. The van der Waals surface area contributed by atoms with E-state index in [1.54, 1.807) is 6.08 Å². The van der Waals surface area contributed by atoms with Gasteiger partial charge in [0.1, 0.15) is 6.61 Å². The van der Waals surface area contributed by atoms with E-state index in [2.05, 4.69) is 11.3 Å². The molecule has 26 heavy (non-hydrogen) atoms. The van der Waals surface area contributed by atoms with Crippen LogP contribution in [0.2, 0.25) is 0 Å². The van der Waals surface area contributed by atoms with E-state index in [4.69, 9.17) is 23.7 Å². The normalized spacial score (nSPS) is 11.7. The second kappa shape index (κ2) is 19.8. The molecule has 0 N–H and O–H groups in total. The third kappa shape index (κ3) is 17.3. The number of allylic oxidation sites excluding steroid dienone is 1. The van der Waals surface area contributed by atoms with Gasteiger partial charge in [-0.1, -0.05) is 6.08 Å². The van der Waals surface area contributed by atoms with Gasteiger partial charge in [0.15, 0.2) is 0 Å². The highest BCUT2D eigenvalue weighted by Gasteiger charge is 2.14. The molecular formula is C18H32O8. The van der Waals surface area contributed by atoms with Crippen LogP contribution in [0.3, 0.4) is 0 Å². The molecule has 0 aliphatic heterocycles. The van der Waals surface area contributed by atoms with Crippen LogP contribution in [0.1, 0.15) is 19.8 Å². The summed E-state index contributed by atoms with van der Waals surface area (Å²) >= 11 is 0. The molecule has 0 aliphatic carbocycles. The van der Waals surface area contributed by atoms with Crippen molar-refractivity contribution >= 4 is 12.4 Å². The minimum atomic E-state index is -0.351. The van der Waals surface area contributed by atoms with Gasteiger partial charge in [0.2, 0.25) is 0 Å². The summed E-state index contributed by atoms with van der Waals surface area (Å²) in [7, 11) is 0. The molecule has 0 bridgehead atoms. The zero-order valence-electron chi connectivity index (χ0n) is 15.7. The molecule has 0 radical (unpaired) electrons. The highest BCUT2D eigenvalue weighted by Crippen LogP contribution is 2.10. The highest BCUT2D eigenvalue weighted by atomic mass is 16.6. The predicted octanol–water partition coefficient (Wildman–Crippen LogP) is 1.37. The van der Waals surface area contributed by atoms with Crippen LogP contribution in [0.15, 0.2) is 12.7 Å². The largest absolute Gasteiger partial charge is 0.468 e. The van der Waals surface area contributed by atoms with Crippen molar-refractivity contribution < 1.29 is 38.0 Å². The van der Waals surface area contributed by atoms with E-state index in [1.807, 2.05) is 6.92 Å². The molecule has 1 unspecified atom stereocenters. The Morgan fingerprint density at radius 1 is 0.923 bits per heavy atom. The van der Waals surface area contributed by atoms with Crippen LogP contribution in [-0.4, -0.2) is 78.5 Å². The van der Waals surface area contributed by atoms with E-state index < -0.39 is 0 Å². The summed E-state index contributed by atoms with van der Waals surface area (Å²) in [6.45, 7) is 10.3. The second-order valence-corrected chi connectivity index (χ2v) is 5.28. The van der Waals surface area contributed by atoms with Crippen molar-refractivity contribution in [3.05, 3.63) is 12.7 Å². The van der Waals surface area contributed by atoms with Gasteiger partial charge in [0, 0.05) is 12.5 Å². The Balaban J connectivity index is 3.41. The fraction of sp³-hybridized carbons (Fsp3) is 0.778. The first-order valence-electron chi connectivity index (χ1n) is 8.87. The zero-order valence-corrected chi connectivity index (χ0v) is 15.7. The Bertz CT molecular complexity index is 348. The number of rotatable bonds is 20. The average Bonchev–Trinajstić information content (AvgIpc) is 2.63. The molecule has 0 aromatic heterocycles. The van der Waals surface area contributed by atoms with Crippen LogP contribution in [0, 0.1) is 5.92 Å². The maximum Gasteiger partial charge on any atom is 0.306 e. The van der Waals surface area contributed by atoms with E-state index in [0.717, 1.165) is 0 Å². The van der Waals surface area contributed by atoms with E-state index in [1.165, 1.54) is 0 Å². The summed E-state index contributed by atoms with van der Waals surface area (Å²) in [5, 5.41) is 0. The van der Waals surface area contributed by atoms with Crippen molar-refractivity contribution in [3.63, 3.8) is 0 Å². The van der Waals surface area contributed by atoms with Crippen LogP contribution >= 0.6 is 0 Å². The SMILES string of the molecule is C=CCC(COC=O)CC(=O)OCCOCCOCCOCCOCC. The lowest BCUT2D eigenvalue weighted by atomic mass is 10.0. The van der Waals surface area contributed by atoms with E-state index in [9.17, 15) is 9.59 Å². The molecule has 0 fully saturated rings. The molecule has 0 amide bonds. The van der Waals surface area contributed by atoms with Crippen LogP contribution in [0.25, 0.3) is 0 Å². The first-order valence-corrected chi connectivity index (χ1v) is 8.87. The topological polar surface area (TPSA) is 89.5 Å². The van der Waals surface area contributed by atoms with Crippen molar-refractivity contribution in [2.75, 3.05) is 66.1 Å². The molecule has 0 rings (SSSR count). The first-order chi connectivity index (χ1) is 12.7. The molecule has 8 nitrogen and oxygen atoms in total. The molecular weight excluding hydrogens is 344 g/mol. The monoisotopic (exact) mass is 376 g/mol. The summed E-state index contributed by atoms with van der Waals surface area (Å²) < 4.78 is 30.8. The van der Waals surface area contributed by atoms with Gasteiger partial charge in [0.05, 0.1) is 59.3 Å². The lowest BCUT2D eigenvalue weighted by molar-refractivity contribution is -0.147. The van der Waals surface area contributed by atoms with E-state index in [0.29, 0.717) is 65.7 Å². The molecule has 0 spiro atoms. The van der Waals surface area contributed by atoms with Gasteiger partial charge in [0.25, 0.3) is 6.47 Å². The quantitative estimate of drug-likeness (QED) is 0.136. The number of carbonyl (C=O) groups excluding carboxylic acids is 2. The van der Waals surface area contributed by atoms with Crippen molar-refractivity contribution in [2.24, 2.45) is 5.92 Å². The number of carbonyl (C=O) groups is 2. The van der Waals surface area contributed by atoms with Gasteiger partial charge in [-0.2, -0.15) is 0 Å². The number of hydrogen-bond acceptors (Lipinski definition) is 8. The van der Waals surface area contributed by atoms with Gasteiger partial charge in [-0.05, 0) is 13.3 Å². The maximum absolute atomic E-state index is 11.7. The zero-order chi connectivity index (χ0) is 19.3. The predicted molar refractivity (Wildman–Crippen MR) is 94.8 cm³/mol. The van der Waals surface area contributed by atoms with Gasteiger partial charge < -0.3 is 28.4 Å². The van der Waals surface area contributed by atoms with Gasteiger partial charge in [-0.25, -0.2) is 0 Å². The minimum Gasteiger partial charge on any atom is -0.468 e. The third-order valence-corrected chi connectivity index (χ3v) is 3.17. The Hall–Kier alpha value is -1.48. The summed E-state index contributed by atoms with van der Waals surface area (Å²) in [5.74, 6) is -0.467. The third-order valence-electron chi connectivity index (χ3n) is 3.17. The van der Waals surface area contributed by atoms with E-state index in [-0.39, 0.29) is 31.5 Å². The fourth-order valence-electron chi connectivity index (χ4n) is 1.93. The smallest absolute Gasteiger partial charge is 0.306 e. The first kappa shape index (κ1) is 24.5. The number of ether oxygens (including phenoxy) is 6. The van der Waals surface area contributed by atoms with Crippen LogP contribution in [-0.2, 0) is 38.0 Å². The average molecular weight is 376 g/mol. The Kier molecular flexibility index (Phi) is 18.7. The molecule has 0 saturated carbocycles. The molecule has 0 aliphatic rings. The van der Waals surface area contributed by atoms with Crippen LogP contribution in [0.5, 0.6) is 0 Å². The van der Waals surface area contributed by atoms with Gasteiger partial charge in [-0.15, -0.1) is 6.58 Å². The standard InChI is InChI=1S/C18H32O8/c1-3-5-17(15-25-16-19)14-18(20)26-13-12-24-11-10-23-9-8-22-7-6-21-4-2/h3,16-17H,1,4-15H2,2H3. The fourth-order valence-corrected chi connectivity index (χ4v) is 1.93. The van der Waals surface area contributed by atoms with E-state index >= 15 is 0 Å². The van der Waals surface area contributed by atoms with Crippen molar-refractivity contribution in [3.8, 4) is 0 Å². The Labute approximate surface area is 155 Å². The molecule has 8 heteroatoms. The molecule has 1 atom stereocenters. The minimum absolute atomic E-state index is 0.115. The summed E-state index contributed by atoms with van der Waals surface area (Å²) in [4.78, 5) is 21.9. The van der Waals surface area contributed by atoms with Crippen LogP contribution in [0.4, 0.5) is 0 Å². The molecule has 0 heterocycles. The summed E-state index contributed by atoms with van der Waals surface area (Å²) in [6, 6.07) is 0. The Morgan fingerprint density at radius 3 is 1.96 bits per heavy atom. The lowest BCUT2D eigenvalue weighted by Gasteiger charge is -2.13. The summed E-state index contributed by atoms with van der Waals surface area (Å²) in [6.07, 6.45) is 2.43. The second-order valence-electron chi connectivity index (χ2n) is 5.28. The lowest BCUT2D eigenvalue weighted by Crippen LogP contribution is -2.18. The maximum atomic E-state index is 11.7. The Morgan fingerprint density at radius 2 is 1.46 bits per heavy atom. The number of esters is 1. The van der Waals surface area contributed by atoms with Gasteiger partial charge in [-0.3, -0.25) is 9.59 Å². The van der Waals surface area contributed by atoms with Crippen molar-refractivity contribution in [1.82, 2.24) is 0 Å². The van der Waals surface area contributed by atoms with Crippen molar-refractivity contribution in [2.45, 2.75) is 19.8 Å². The highest BCUT2D eigenvalue weighted by molar-refractivity contribution is 5.69. The van der Waals surface area contributed by atoms with Gasteiger partial charge >= 0.3 is 5.97 Å². The number of hydrogen-bond donors (Lipinski definition) is 0.